The molecule has 0 unspecified atom stereocenters. The first-order valence-corrected chi connectivity index (χ1v) is 12.0. The summed E-state index contributed by atoms with van der Waals surface area (Å²) >= 11 is 2.63. The third kappa shape index (κ3) is 5.85. The van der Waals surface area contributed by atoms with Gasteiger partial charge in [0.1, 0.15) is 23.1 Å². The summed E-state index contributed by atoms with van der Waals surface area (Å²) in [7, 11) is 4.76. The van der Waals surface area contributed by atoms with Crippen molar-refractivity contribution in [1.29, 1.82) is 0 Å². The van der Waals surface area contributed by atoms with Crippen LogP contribution in [0, 0.1) is 6.92 Å². The van der Waals surface area contributed by atoms with Gasteiger partial charge in [-0.05, 0) is 43.2 Å². The van der Waals surface area contributed by atoms with Crippen LogP contribution in [0.25, 0.3) is 0 Å². The van der Waals surface area contributed by atoms with Gasteiger partial charge in [0, 0.05) is 11.9 Å². The van der Waals surface area contributed by atoms with Crippen LogP contribution in [0.4, 0.5) is 5.00 Å². The van der Waals surface area contributed by atoms with E-state index >= 15 is 0 Å². The summed E-state index contributed by atoms with van der Waals surface area (Å²) in [5, 5.41) is 12.2. The molecule has 3 rings (SSSR count). The highest BCUT2D eigenvalue weighted by atomic mass is 32.2. The molecule has 0 aliphatic heterocycles. The number of carbonyl (C=O) groups excluding carboxylic acids is 2. The smallest absolute Gasteiger partial charge is 0.341 e. The second kappa shape index (κ2) is 11.2. The lowest BCUT2D eigenvalue weighted by atomic mass is 10.1. The van der Waals surface area contributed by atoms with E-state index in [-0.39, 0.29) is 18.3 Å². The van der Waals surface area contributed by atoms with E-state index in [4.69, 9.17) is 14.2 Å². The Hall–Kier alpha value is -3.05. The van der Waals surface area contributed by atoms with Gasteiger partial charge in [0.2, 0.25) is 5.91 Å². The third-order valence-electron chi connectivity index (χ3n) is 4.89. The fourth-order valence-corrected chi connectivity index (χ4v) is 5.00. The zero-order valence-electron chi connectivity index (χ0n) is 19.1. The van der Waals surface area contributed by atoms with Crippen molar-refractivity contribution < 1.29 is 23.8 Å². The second-order valence-corrected chi connectivity index (χ2v) is 9.11. The van der Waals surface area contributed by atoms with Crippen molar-refractivity contribution >= 4 is 40.0 Å². The molecule has 0 saturated carbocycles. The minimum absolute atomic E-state index is 0.115. The maximum absolute atomic E-state index is 12.6. The number of amides is 1. The summed E-state index contributed by atoms with van der Waals surface area (Å²) in [6, 6.07) is 7.26. The molecule has 3 aromatic rings. The average Bonchev–Trinajstić information content (AvgIpc) is 3.33. The molecule has 0 spiro atoms. The number of anilines is 1. The Bertz CT molecular complexity index is 1120. The first kappa shape index (κ1) is 24.6. The van der Waals surface area contributed by atoms with E-state index in [9.17, 15) is 9.59 Å². The average molecular weight is 491 g/mol. The number of rotatable bonds is 10. The van der Waals surface area contributed by atoms with Crippen molar-refractivity contribution in [1.82, 2.24) is 14.8 Å². The molecule has 9 nitrogen and oxygen atoms in total. The molecule has 2 heterocycles. The number of carbonyl (C=O) groups is 2. The predicted octanol–water partition coefficient (Wildman–Crippen LogP) is 3.85. The van der Waals surface area contributed by atoms with E-state index in [2.05, 4.69) is 15.5 Å². The molecule has 2 aromatic heterocycles. The highest BCUT2D eigenvalue weighted by Crippen LogP contribution is 2.34. The second-order valence-electron chi connectivity index (χ2n) is 6.94. The zero-order valence-corrected chi connectivity index (χ0v) is 20.8. The van der Waals surface area contributed by atoms with E-state index in [1.165, 1.54) is 30.2 Å². The summed E-state index contributed by atoms with van der Waals surface area (Å²) in [6.45, 7) is 4.13. The van der Waals surface area contributed by atoms with Crippen molar-refractivity contribution in [2.75, 3.05) is 25.3 Å². The van der Waals surface area contributed by atoms with Gasteiger partial charge in [0.25, 0.3) is 0 Å². The van der Waals surface area contributed by atoms with Gasteiger partial charge in [0.15, 0.2) is 11.0 Å². The number of nitrogens with zero attached hydrogens (tertiary/aromatic N) is 3. The van der Waals surface area contributed by atoms with Crippen LogP contribution < -0.4 is 14.8 Å². The number of methoxy groups -OCH3 is 2. The van der Waals surface area contributed by atoms with Gasteiger partial charge in [0.05, 0.1) is 25.5 Å². The maximum atomic E-state index is 12.6. The minimum atomic E-state index is -0.450. The van der Waals surface area contributed by atoms with Crippen LogP contribution in [0.5, 0.6) is 11.5 Å². The number of ether oxygens (including phenoxy) is 3. The number of benzene rings is 1. The van der Waals surface area contributed by atoms with Crippen LogP contribution in [0.15, 0.2) is 29.4 Å². The molecule has 0 radical (unpaired) electrons. The standard InChI is InChI=1S/C22H26N4O5S2/c1-6-16-13(2)33-20(19(16)21(28)30-5)23-18(27)12-32-22-25-24-17(26(22)3)11-31-15-9-7-14(29-4)8-10-15/h7-10H,6,11-12H2,1-5H3,(H,23,27). The summed E-state index contributed by atoms with van der Waals surface area (Å²) in [4.78, 5) is 25.8. The predicted molar refractivity (Wildman–Crippen MR) is 127 cm³/mol. The molecule has 176 valence electrons. The summed E-state index contributed by atoms with van der Waals surface area (Å²) in [5.41, 5.74) is 1.32. The fraction of sp³-hybridized carbons (Fsp3) is 0.364. The van der Waals surface area contributed by atoms with Crippen LogP contribution in [0.1, 0.15) is 33.5 Å². The van der Waals surface area contributed by atoms with Gasteiger partial charge in [-0.2, -0.15) is 0 Å². The Balaban J connectivity index is 1.59. The van der Waals surface area contributed by atoms with E-state index in [1.54, 1.807) is 11.7 Å². The molecule has 11 heteroatoms. The molecule has 0 fully saturated rings. The number of nitrogens with one attached hydrogen (secondary N) is 1. The number of thiophene rings is 1. The van der Waals surface area contributed by atoms with E-state index < -0.39 is 5.97 Å². The zero-order chi connectivity index (χ0) is 24.0. The fourth-order valence-electron chi connectivity index (χ4n) is 3.12. The highest BCUT2D eigenvalue weighted by Gasteiger charge is 2.23. The number of hydrogen-bond donors (Lipinski definition) is 1. The SMILES string of the molecule is CCc1c(C)sc(NC(=O)CSc2nnc(COc3ccc(OC)cc3)n2C)c1C(=O)OC. The molecule has 0 aliphatic rings. The topological polar surface area (TPSA) is 105 Å². The van der Waals surface area contributed by atoms with Crippen LogP contribution in [-0.4, -0.2) is 46.6 Å². The van der Waals surface area contributed by atoms with Crippen molar-refractivity contribution in [2.45, 2.75) is 32.0 Å². The quantitative estimate of drug-likeness (QED) is 0.338. The molecule has 33 heavy (non-hydrogen) atoms. The molecule has 0 saturated heterocycles. The van der Waals surface area contributed by atoms with Crippen molar-refractivity contribution in [3.8, 4) is 11.5 Å². The lowest BCUT2D eigenvalue weighted by Crippen LogP contribution is -2.16. The van der Waals surface area contributed by atoms with Crippen LogP contribution in [-0.2, 0) is 29.6 Å². The third-order valence-corrected chi connectivity index (χ3v) is 6.97. The van der Waals surface area contributed by atoms with E-state index in [1.807, 2.05) is 45.2 Å². The Labute approximate surface area is 200 Å². The number of thioether (sulfide) groups is 1. The Morgan fingerprint density at radius 1 is 1.15 bits per heavy atom. The Morgan fingerprint density at radius 2 is 1.85 bits per heavy atom. The molecular weight excluding hydrogens is 464 g/mol. The number of aromatic nitrogens is 3. The largest absolute Gasteiger partial charge is 0.497 e. The van der Waals surface area contributed by atoms with Gasteiger partial charge in [-0.3, -0.25) is 4.79 Å². The monoisotopic (exact) mass is 490 g/mol. The summed E-state index contributed by atoms with van der Waals surface area (Å²) < 4.78 is 17.6. The maximum Gasteiger partial charge on any atom is 0.341 e. The summed E-state index contributed by atoms with van der Waals surface area (Å²) in [6.07, 6.45) is 0.678. The lowest BCUT2D eigenvalue weighted by molar-refractivity contribution is -0.113. The minimum Gasteiger partial charge on any atom is -0.497 e. The van der Waals surface area contributed by atoms with Crippen molar-refractivity contribution in [3.63, 3.8) is 0 Å². The first-order valence-electron chi connectivity index (χ1n) is 10.2. The molecule has 0 aliphatic carbocycles. The van der Waals surface area contributed by atoms with Crippen LogP contribution >= 0.6 is 23.1 Å². The Kier molecular flexibility index (Phi) is 8.34. The van der Waals surface area contributed by atoms with Crippen LogP contribution in [0.3, 0.4) is 0 Å². The number of aryl methyl sites for hydroxylation is 1. The molecule has 1 aromatic carbocycles. The molecule has 1 N–H and O–H groups in total. The van der Waals surface area contributed by atoms with Gasteiger partial charge >= 0.3 is 5.97 Å². The van der Waals surface area contributed by atoms with Crippen molar-refractivity contribution in [2.24, 2.45) is 7.05 Å². The van der Waals surface area contributed by atoms with Gasteiger partial charge in [-0.25, -0.2) is 4.79 Å². The van der Waals surface area contributed by atoms with E-state index in [0.29, 0.717) is 33.7 Å². The number of hydrogen-bond acceptors (Lipinski definition) is 9. The van der Waals surface area contributed by atoms with Gasteiger partial charge < -0.3 is 24.1 Å². The molecule has 0 atom stereocenters. The molecule has 0 bridgehead atoms. The lowest BCUT2D eigenvalue weighted by Gasteiger charge is -2.08. The first-order chi connectivity index (χ1) is 15.9. The van der Waals surface area contributed by atoms with Gasteiger partial charge in [-0.1, -0.05) is 18.7 Å². The summed E-state index contributed by atoms with van der Waals surface area (Å²) in [5.74, 6) is 1.49. The molecule has 1 amide bonds. The number of esters is 1. The van der Waals surface area contributed by atoms with E-state index in [0.717, 1.165) is 16.2 Å². The Morgan fingerprint density at radius 3 is 2.48 bits per heavy atom. The van der Waals surface area contributed by atoms with Crippen molar-refractivity contribution in [3.05, 3.63) is 46.1 Å². The molecular formula is C22H26N4O5S2. The van der Waals surface area contributed by atoms with Crippen LogP contribution in [0.2, 0.25) is 0 Å². The normalized spacial score (nSPS) is 10.7. The van der Waals surface area contributed by atoms with Gasteiger partial charge in [-0.15, -0.1) is 21.5 Å². The highest BCUT2D eigenvalue weighted by molar-refractivity contribution is 7.99.